The summed E-state index contributed by atoms with van der Waals surface area (Å²) >= 11 is 3.43. The van der Waals surface area contributed by atoms with Gasteiger partial charge in [0.25, 0.3) is 5.91 Å². The molecule has 9 nitrogen and oxygen atoms in total. The number of aliphatic hydroxyl groups excluding tert-OH is 2. The maximum absolute atomic E-state index is 12.0. The van der Waals surface area contributed by atoms with Gasteiger partial charge in [-0.25, -0.2) is 4.98 Å². The van der Waals surface area contributed by atoms with Gasteiger partial charge >= 0.3 is 0 Å². The van der Waals surface area contributed by atoms with Crippen LogP contribution in [0.1, 0.15) is 24.2 Å². The summed E-state index contributed by atoms with van der Waals surface area (Å²) in [4.78, 5) is 21.2. The first-order valence-electron chi connectivity index (χ1n) is 9.58. The zero-order chi connectivity index (χ0) is 22.3. The Morgan fingerprint density at radius 2 is 2.10 bits per heavy atom. The number of anilines is 1. The Hall–Kier alpha value is -3.08. The zero-order valence-corrected chi connectivity index (χ0v) is 18.5. The Morgan fingerprint density at radius 1 is 1.32 bits per heavy atom. The summed E-state index contributed by atoms with van der Waals surface area (Å²) in [5.74, 6) is -0.385. The average molecular weight is 485 g/mol. The first-order chi connectivity index (χ1) is 14.8. The first-order valence-corrected chi connectivity index (χ1v) is 10.4. The number of carbonyl (C=O) groups excluding carboxylic acids is 1. The number of hydrogen-bond donors (Lipinski definition) is 4. The molecule has 0 aliphatic heterocycles. The number of fused-ring (bicyclic) bond motifs is 2. The van der Waals surface area contributed by atoms with Crippen LogP contribution in [0.5, 0.6) is 0 Å². The molecule has 160 valence electrons. The van der Waals surface area contributed by atoms with Crippen LogP contribution in [-0.2, 0) is 4.79 Å². The van der Waals surface area contributed by atoms with E-state index in [1.54, 1.807) is 19.3 Å². The average Bonchev–Trinajstić information content (AvgIpc) is 3.19. The molecule has 5 N–H and O–H groups in total. The van der Waals surface area contributed by atoms with Crippen molar-refractivity contribution in [2.75, 3.05) is 12.3 Å². The fourth-order valence-corrected chi connectivity index (χ4v) is 3.96. The Morgan fingerprint density at radius 3 is 2.84 bits per heavy atom. The maximum Gasteiger partial charge on any atom is 0.251 e. The largest absolute Gasteiger partial charge is 0.393 e. The summed E-state index contributed by atoms with van der Waals surface area (Å²) in [6, 6.07) is 7.48. The number of aryl methyl sites for hydroxylation is 1. The molecule has 0 saturated carbocycles. The van der Waals surface area contributed by atoms with E-state index >= 15 is 0 Å². The molecule has 4 rings (SSSR count). The zero-order valence-electron chi connectivity index (χ0n) is 16.9. The molecule has 31 heavy (non-hydrogen) atoms. The van der Waals surface area contributed by atoms with Crippen molar-refractivity contribution in [1.29, 1.82) is 0 Å². The predicted molar refractivity (Wildman–Crippen MR) is 120 cm³/mol. The van der Waals surface area contributed by atoms with Gasteiger partial charge in [-0.05, 0) is 48.0 Å². The quantitative estimate of drug-likeness (QED) is 0.340. The molecule has 2 atom stereocenters. The number of nitrogen functional groups attached to an aromatic ring is 1. The SMILES string of the molecule is Cc1ccc2ncc(-c3cnn4c(N)c(Br)c(C(C)NC(=O)C(O)CO)nc34)cc2c1. The molecule has 10 heteroatoms. The number of nitrogens with zero attached hydrogens (tertiary/aromatic N) is 4. The number of nitrogens with two attached hydrogens (primary N) is 1. The Balaban J connectivity index is 1.81. The molecule has 0 aliphatic carbocycles. The van der Waals surface area contributed by atoms with Gasteiger partial charge in [0.05, 0.1) is 34.5 Å². The lowest BCUT2D eigenvalue weighted by atomic mass is 10.1. The molecule has 1 aromatic carbocycles. The van der Waals surface area contributed by atoms with Crippen molar-refractivity contribution < 1.29 is 15.0 Å². The van der Waals surface area contributed by atoms with Crippen molar-refractivity contribution in [3.05, 3.63) is 52.4 Å². The van der Waals surface area contributed by atoms with Gasteiger partial charge in [0.2, 0.25) is 0 Å². The molecule has 0 saturated heterocycles. The summed E-state index contributed by atoms with van der Waals surface area (Å²) in [5, 5.41) is 26.5. The summed E-state index contributed by atoms with van der Waals surface area (Å²) < 4.78 is 1.99. The maximum atomic E-state index is 12.0. The minimum absolute atomic E-state index is 0.319. The molecule has 0 fully saturated rings. The van der Waals surface area contributed by atoms with Gasteiger partial charge in [0, 0.05) is 22.7 Å². The van der Waals surface area contributed by atoms with Crippen molar-refractivity contribution in [3.63, 3.8) is 0 Å². The number of rotatable bonds is 5. The second-order valence-corrected chi connectivity index (χ2v) is 8.13. The number of aliphatic hydroxyl groups is 2. The highest BCUT2D eigenvalue weighted by molar-refractivity contribution is 9.10. The lowest BCUT2D eigenvalue weighted by Gasteiger charge is -2.18. The second kappa shape index (κ2) is 8.22. The summed E-state index contributed by atoms with van der Waals surface area (Å²) in [6.07, 6.45) is 1.92. The highest BCUT2D eigenvalue weighted by Gasteiger charge is 2.23. The van der Waals surface area contributed by atoms with Gasteiger partial charge < -0.3 is 21.3 Å². The number of hydrogen-bond acceptors (Lipinski definition) is 7. The van der Waals surface area contributed by atoms with Crippen LogP contribution in [0.25, 0.3) is 27.7 Å². The molecule has 3 heterocycles. The van der Waals surface area contributed by atoms with Crippen LogP contribution in [-0.4, -0.2) is 48.4 Å². The lowest BCUT2D eigenvalue weighted by molar-refractivity contribution is -0.131. The van der Waals surface area contributed by atoms with Crippen LogP contribution in [0, 0.1) is 6.92 Å². The molecule has 0 aliphatic rings. The Kier molecular flexibility index (Phi) is 5.61. The van der Waals surface area contributed by atoms with E-state index in [4.69, 9.17) is 15.8 Å². The van der Waals surface area contributed by atoms with E-state index in [2.05, 4.69) is 37.4 Å². The van der Waals surface area contributed by atoms with Gasteiger partial charge in [0.15, 0.2) is 11.8 Å². The van der Waals surface area contributed by atoms with E-state index in [1.165, 1.54) is 4.52 Å². The van der Waals surface area contributed by atoms with Crippen LogP contribution in [0.4, 0.5) is 5.82 Å². The number of aromatic nitrogens is 4. The molecule has 3 aromatic heterocycles. The second-order valence-electron chi connectivity index (χ2n) is 7.34. The molecule has 2 unspecified atom stereocenters. The van der Waals surface area contributed by atoms with Crippen molar-refractivity contribution in [1.82, 2.24) is 24.9 Å². The number of halogens is 1. The third-order valence-corrected chi connectivity index (χ3v) is 5.85. The molecule has 0 bridgehead atoms. The van der Waals surface area contributed by atoms with E-state index in [1.807, 2.05) is 25.1 Å². The fourth-order valence-electron chi connectivity index (χ4n) is 3.36. The van der Waals surface area contributed by atoms with Gasteiger partial charge in [0.1, 0.15) is 5.82 Å². The topological polar surface area (TPSA) is 139 Å². The van der Waals surface area contributed by atoms with Crippen molar-refractivity contribution in [3.8, 4) is 11.1 Å². The molecule has 1 amide bonds. The van der Waals surface area contributed by atoms with E-state index in [0.29, 0.717) is 21.6 Å². The number of benzene rings is 1. The van der Waals surface area contributed by atoms with Crippen molar-refractivity contribution in [2.45, 2.75) is 26.0 Å². The normalized spacial score (nSPS) is 13.5. The van der Waals surface area contributed by atoms with E-state index in [0.717, 1.165) is 27.6 Å². The smallest absolute Gasteiger partial charge is 0.251 e. The fraction of sp³-hybridized carbons (Fsp3) is 0.238. The highest BCUT2D eigenvalue weighted by atomic mass is 79.9. The van der Waals surface area contributed by atoms with E-state index in [9.17, 15) is 9.90 Å². The van der Waals surface area contributed by atoms with Crippen LogP contribution >= 0.6 is 15.9 Å². The highest BCUT2D eigenvalue weighted by Crippen LogP contribution is 2.33. The monoisotopic (exact) mass is 484 g/mol. The van der Waals surface area contributed by atoms with E-state index in [-0.39, 0.29) is 0 Å². The molecular weight excluding hydrogens is 464 g/mol. The standard InChI is InChI=1S/C21H21BrN6O3/c1-10-3-4-15-12(5-10)6-13(7-24-15)14-8-25-28-19(23)17(22)18(27-20(14)28)11(2)26-21(31)16(30)9-29/h3-8,11,16,29-30H,9,23H2,1-2H3,(H,26,31). The Labute approximate surface area is 186 Å². The number of carbonyl (C=O) groups is 1. The summed E-state index contributed by atoms with van der Waals surface area (Å²) in [6.45, 7) is 3.06. The minimum Gasteiger partial charge on any atom is -0.393 e. The predicted octanol–water partition coefficient (Wildman–Crippen LogP) is 2.13. The van der Waals surface area contributed by atoms with Gasteiger partial charge in [-0.1, -0.05) is 11.6 Å². The third-order valence-electron chi connectivity index (χ3n) is 5.04. The summed E-state index contributed by atoms with van der Waals surface area (Å²) in [7, 11) is 0. The Bertz CT molecular complexity index is 1310. The van der Waals surface area contributed by atoms with Crippen molar-refractivity contribution >= 4 is 44.2 Å². The number of amides is 1. The molecule has 0 radical (unpaired) electrons. The minimum atomic E-state index is -1.51. The first kappa shape index (κ1) is 21.2. The molecule has 4 aromatic rings. The van der Waals surface area contributed by atoms with Crippen molar-refractivity contribution in [2.24, 2.45) is 0 Å². The third kappa shape index (κ3) is 3.85. The van der Waals surface area contributed by atoms with Crippen LogP contribution in [0.15, 0.2) is 41.1 Å². The van der Waals surface area contributed by atoms with Gasteiger partial charge in [-0.3, -0.25) is 9.78 Å². The number of nitrogens with one attached hydrogen (secondary N) is 1. The van der Waals surface area contributed by atoms with Gasteiger partial charge in [-0.15, -0.1) is 0 Å². The van der Waals surface area contributed by atoms with Crippen LogP contribution < -0.4 is 11.1 Å². The molecular formula is C21H21BrN6O3. The van der Waals surface area contributed by atoms with Crippen LogP contribution in [0.3, 0.4) is 0 Å². The van der Waals surface area contributed by atoms with Gasteiger partial charge in [-0.2, -0.15) is 9.61 Å². The van der Waals surface area contributed by atoms with Crippen LogP contribution in [0.2, 0.25) is 0 Å². The number of pyridine rings is 1. The lowest BCUT2D eigenvalue weighted by Crippen LogP contribution is -2.38. The summed E-state index contributed by atoms with van der Waals surface area (Å²) in [5.41, 5.74) is 10.8. The van der Waals surface area contributed by atoms with E-state index < -0.39 is 24.7 Å². The molecule has 0 spiro atoms.